The summed E-state index contributed by atoms with van der Waals surface area (Å²) in [6.07, 6.45) is 1.21. The fourth-order valence-corrected chi connectivity index (χ4v) is 2.58. The van der Waals surface area contributed by atoms with Gasteiger partial charge in [-0.3, -0.25) is 4.79 Å². The maximum Gasteiger partial charge on any atom is 0.311 e. The summed E-state index contributed by atoms with van der Waals surface area (Å²) in [5.74, 6) is 0.516. The van der Waals surface area contributed by atoms with Gasteiger partial charge in [-0.15, -0.1) is 0 Å². The van der Waals surface area contributed by atoms with Crippen molar-refractivity contribution in [2.75, 3.05) is 20.8 Å². The van der Waals surface area contributed by atoms with Crippen molar-refractivity contribution >= 4 is 5.97 Å². The molecule has 1 atom stereocenters. The topological polar surface area (TPSA) is 65.0 Å². The van der Waals surface area contributed by atoms with Gasteiger partial charge in [-0.1, -0.05) is 25.1 Å². The molecular formula is C20H24O5. The van der Waals surface area contributed by atoms with Crippen molar-refractivity contribution in [1.29, 1.82) is 0 Å². The van der Waals surface area contributed by atoms with Gasteiger partial charge in [0.25, 0.3) is 0 Å². The Morgan fingerprint density at radius 3 is 2.24 bits per heavy atom. The van der Waals surface area contributed by atoms with E-state index in [0.29, 0.717) is 30.3 Å². The number of benzene rings is 2. The van der Waals surface area contributed by atoms with Crippen LogP contribution in [0.1, 0.15) is 30.4 Å². The van der Waals surface area contributed by atoms with Crippen LogP contribution in [-0.2, 0) is 11.2 Å². The van der Waals surface area contributed by atoms with Gasteiger partial charge < -0.3 is 19.3 Å². The normalized spacial score (nSPS) is 11.6. The fourth-order valence-electron chi connectivity index (χ4n) is 2.58. The summed E-state index contributed by atoms with van der Waals surface area (Å²) in [5, 5.41) is 9.69. The van der Waals surface area contributed by atoms with Crippen molar-refractivity contribution in [1.82, 2.24) is 0 Å². The summed E-state index contributed by atoms with van der Waals surface area (Å²) < 4.78 is 16.2. The van der Waals surface area contributed by atoms with Crippen LogP contribution in [0.2, 0.25) is 0 Å². The Bertz CT molecular complexity index is 694. The van der Waals surface area contributed by atoms with Crippen LogP contribution in [0.15, 0.2) is 42.5 Å². The number of rotatable bonds is 9. The lowest BCUT2D eigenvalue weighted by molar-refractivity contribution is -0.138. The third-order valence-electron chi connectivity index (χ3n) is 3.98. The van der Waals surface area contributed by atoms with E-state index in [1.165, 1.54) is 0 Å². The van der Waals surface area contributed by atoms with Crippen molar-refractivity contribution in [3.8, 4) is 17.2 Å². The molecule has 0 spiro atoms. The summed E-state index contributed by atoms with van der Waals surface area (Å²) in [7, 11) is 3.18. The molecule has 0 heterocycles. The van der Waals surface area contributed by atoms with Gasteiger partial charge >= 0.3 is 5.97 Å². The largest absolute Gasteiger partial charge is 0.497 e. The SMILES string of the molecule is CCCOc1cc(OC)ccc1CC(C(=O)O)c1ccc(OC)cc1. The average molecular weight is 344 g/mol. The third kappa shape index (κ3) is 4.89. The van der Waals surface area contributed by atoms with Crippen LogP contribution in [0, 0.1) is 0 Å². The van der Waals surface area contributed by atoms with E-state index >= 15 is 0 Å². The molecule has 0 aliphatic heterocycles. The molecule has 0 amide bonds. The minimum Gasteiger partial charge on any atom is -0.497 e. The second-order valence-electron chi connectivity index (χ2n) is 5.69. The minimum atomic E-state index is -0.873. The highest BCUT2D eigenvalue weighted by atomic mass is 16.5. The van der Waals surface area contributed by atoms with Gasteiger partial charge in [-0.05, 0) is 42.2 Å². The smallest absolute Gasteiger partial charge is 0.311 e. The minimum absolute atomic E-state index is 0.338. The van der Waals surface area contributed by atoms with E-state index in [9.17, 15) is 9.90 Å². The van der Waals surface area contributed by atoms with Crippen LogP contribution in [0.4, 0.5) is 0 Å². The third-order valence-corrected chi connectivity index (χ3v) is 3.98. The number of carboxylic acid groups (broad SMARTS) is 1. The number of methoxy groups -OCH3 is 2. The lowest BCUT2D eigenvalue weighted by Crippen LogP contribution is -2.15. The van der Waals surface area contributed by atoms with Gasteiger partial charge in [-0.25, -0.2) is 0 Å². The molecule has 0 aliphatic carbocycles. The van der Waals surface area contributed by atoms with Crippen molar-refractivity contribution < 1.29 is 24.1 Å². The molecule has 0 bridgehead atoms. The Kier molecular flexibility index (Phi) is 6.69. The maximum absolute atomic E-state index is 11.8. The second-order valence-corrected chi connectivity index (χ2v) is 5.69. The number of aliphatic carboxylic acids is 1. The molecule has 2 rings (SSSR count). The van der Waals surface area contributed by atoms with Crippen molar-refractivity contribution in [3.05, 3.63) is 53.6 Å². The Hall–Kier alpha value is -2.69. The summed E-state index contributed by atoms with van der Waals surface area (Å²) in [5.41, 5.74) is 1.57. The predicted octanol–water partition coefficient (Wildman–Crippen LogP) is 3.90. The predicted molar refractivity (Wildman–Crippen MR) is 95.9 cm³/mol. The average Bonchev–Trinajstić information content (AvgIpc) is 2.64. The lowest BCUT2D eigenvalue weighted by Gasteiger charge is -2.17. The maximum atomic E-state index is 11.8. The quantitative estimate of drug-likeness (QED) is 0.747. The highest BCUT2D eigenvalue weighted by Gasteiger charge is 2.22. The van der Waals surface area contributed by atoms with Crippen molar-refractivity contribution in [3.63, 3.8) is 0 Å². The summed E-state index contributed by atoms with van der Waals surface area (Å²) in [6, 6.07) is 12.6. The molecule has 0 saturated heterocycles. The molecule has 2 aromatic carbocycles. The zero-order chi connectivity index (χ0) is 18.2. The van der Waals surface area contributed by atoms with Gasteiger partial charge in [0, 0.05) is 6.07 Å². The van der Waals surface area contributed by atoms with E-state index in [1.54, 1.807) is 44.6 Å². The molecule has 1 unspecified atom stereocenters. The monoisotopic (exact) mass is 344 g/mol. The van der Waals surface area contributed by atoms with Crippen molar-refractivity contribution in [2.24, 2.45) is 0 Å². The summed E-state index contributed by atoms with van der Waals surface area (Å²) in [4.78, 5) is 11.8. The highest BCUT2D eigenvalue weighted by molar-refractivity contribution is 5.76. The molecule has 0 saturated carbocycles. The van der Waals surface area contributed by atoms with Gasteiger partial charge in [0.2, 0.25) is 0 Å². The molecule has 134 valence electrons. The van der Waals surface area contributed by atoms with Gasteiger partial charge in [-0.2, -0.15) is 0 Å². The Labute approximate surface area is 148 Å². The molecule has 1 N–H and O–H groups in total. The van der Waals surface area contributed by atoms with E-state index in [4.69, 9.17) is 14.2 Å². The van der Waals surface area contributed by atoms with Crippen LogP contribution >= 0.6 is 0 Å². The fraction of sp³-hybridized carbons (Fsp3) is 0.350. The zero-order valence-corrected chi connectivity index (χ0v) is 14.8. The van der Waals surface area contributed by atoms with Gasteiger partial charge in [0.05, 0.1) is 26.7 Å². The Morgan fingerprint density at radius 2 is 1.68 bits per heavy atom. The summed E-state index contributed by atoms with van der Waals surface area (Å²) >= 11 is 0. The number of hydrogen-bond donors (Lipinski definition) is 1. The highest BCUT2D eigenvalue weighted by Crippen LogP contribution is 2.31. The molecule has 0 fully saturated rings. The standard InChI is InChI=1S/C20H24O5/c1-4-11-25-19-13-17(24-3)10-7-15(19)12-18(20(21)22)14-5-8-16(23-2)9-6-14/h5-10,13,18H,4,11-12H2,1-3H3,(H,21,22). The Morgan fingerprint density at radius 1 is 1.04 bits per heavy atom. The molecule has 0 aromatic heterocycles. The van der Waals surface area contributed by atoms with Gasteiger partial charge in [0.15, 0.2) is 0 Å². The first-order valence-corrected chi connectivity index (χ1v) is 8.25. The molecule has 2 aromatic rings. The van der Waals surface area contributed by atoms with Gasteiger partial charge in [0.1, 0.15) is 17.2 Å². The first-order valence-electron chi connectivity index (χ1n) is 8.25. The van der Waals surface area contributed by atoms with E-state index in [0.717, 1.165) is 17.5 Å². The number of carbonyl (C=O) groups is 1. The first-order chi connectivity index (χ1) is 12.1. The number of ether oxygens (including phenoxy) is 3. The van der Waals surface area contributed by atoms with Crippen LogP contribution < -0.4 is 14.2 Å². The molecule has 25 heavy (non-hydrogen) atoms. The lowest BCUT2D eigenvalue weighted by atomic mass is 9.91. The van der Waals surface area contributed by atoms with E-state index in [2.05, 4.69) is 0 Å². The van der Waals surface area contributed by atoms with E-state index < -0.39 is 11.9 Å². The van der Waals surface area contributed by atoms with Crippen LogP contribution in [0.3, 0.4) is 0 Å². The van der Waals surface area contributed by atoms with E-state index in [-0.39, 0.29) is 0 Å². The number of carboxylic acids is 1. The van der Waals surface area contributed by atoms with E-state index in [1.807, 2.05) is 19.1 Å². The summed E-state index contributed by atoms with van der Waals surface area (Å²) in [6.45, 7) is 2.59. The molecular weight excluding hydrogens is 320 g/mol. The Balaban J connectivity index is 2.30. The van der Waals surface area contributed by atoms with Crippen LogP contribution in [-0.4, -0.2) is 31.9 Å². The number of hydrogen-bond acceptors (Lipinski definition) is 4. The van der Waals surface area contributed by atoms with Crippen LogP contribution in [0.5, 0.6) is 17.2 Å². The molecule has 0 aliphatic rings. The van der Waals surface area contributed by atoms with Crippen LogP contribution in [0.25, 0.3) is 0 Å². The first kappa shape index (κ1) is 18.6. The second kappa shape index (κ2) is 8.97. The molecule has 5 nitrogen and oxygen atoms in total. The zero-order valence-electron chi connectivity index (χ0n) is 14.8. The molecule has 0 radical (unpaired) electrons. The van der Waals surface area contributed by atoms with Crippen molar-refractivity contribution in [2.45, 2.75) is 25.7 Å². The molecule has 5 heteroatoms.